The predicted molar refractivity (Wildman–Crippen MR) is 157 cm³/mol. The maximum atomic E-state index is 6.24. The fraction of sp³-hybridized carbons (Fsp3) is 0.172. The Morgan fingerprint density at radius 2 is 1.57 bits per heavy atom. The predicted octanol–water partition coefficient (Wildman–Crippen LogP) is 7.85. The van der Waals surface area contributed by atoms with Crippen LogP contribution in [0.25, 0.3) is 16.8 Å². The molecule has 186 valence electrons. The lowest BCUT2D eigenvalue weighted by atomic mass is 9.98. The zero-order valence-corrected chi connectivity index (χ0v) is 22.4. The standard InChI is InChI=1S/C29H25Cl2N5S/c30-20-11-9-19(10-12-20)26-24-8-4-5-17-35-25(18-32-22-15-13-21(31)14-16-22)34-36(29(24)35)27(26)28(37)33-23-6-2-1-3-7-23/h1-3,6-7,9-16,32H,4-5,8,17-18H2,(H,33,37). The van der Waals surface area contributed by atoms with Crippen LogP contribution in [0.3, 0.4) is 0 Å². The number of benzene rings is 3. The summed E-state index contributed by atoms with van der Waals surface area (Å²) in [6.45, 7) is 1.51. The summed E-state index contributed by atoms with van der Waals surface area (Å²) in [5.41, 5.74) is 7.45. The normalized spacial score (nSPS) is 12.9. The van der Waals surface area contributed by atoms with Crippen LogP contribution in [-0.4, -0.2) is 19.2 Å². The van der Waals surface area contributed by atoms with Crippen molar-refractivity contribution in [2.45, 2.75) is 32.4 Å². The zero-order valence-electron chi connectivity index (χ0n) is 20.0. The maximum absolute atomic E-state index is 6.24. The summed E-state index contributed by atoms with van der Waals surface area (Å²) in [5, 5.41) is 13.5. The van der Waals surface area contributed by atoms with Crippen molar-refractivity contribution in [3.8, 4) is 11.1 Å². The van der Waals surface area contributed by atoms with Crippen LogP contribution in [0.1, 0.15) is 29.9 Å². The number of nitrogens with zero attached hydrogens (tertiary/aromatic N) is 3. The Morgan fingerprint density at radius 1 is 0.865 bits per heavy atom. The third-order valence-electron chi connectivity index (χ3n) is 6.74. The first-order valence-electron chi connectivity index (χ1n) is 12.3. The Kier molecular flexibility index (Phi) is 6.63. The molecule has 3 heterocycles. The molecule has 5 aromatic rings. The van der Waals surface area contributed by atoms with Crippen LogP contribution in [0.15, 0.2) is 78.9 Å². The summed E-state index contributed by atoms with van der Waals surface area (Å²) in [4.78, 5) is 0.639. The molecule has 0 aliphatic carbocycles. The van der Waals surface area contributed by atoms with E-state index >= 15 is 0 Å². The fourth-order valence-corrected chi connectivity index (χ4v) is 5.59. The maximum Gasteiger partial charge on any atom is 0.150 e. The highest BCUT2D eigenvalue weighted by molar-refractivity contribution is 7.81. The van der Waals surface area contributed by atoms with Crippen LogP contribution < -0.4 is 10.6 Å². The summed E-state index contributed by atoms with van der Waals surface area (Å²) >= 11 is 18.3. The highest BCUT2D eigenvalue weighted by atomic mass is 35.5. The van der Waals surface area contributed by atoms with Crippen LogP contribution in [0.2, 0.25) is 10.0 Å². The van der Waals surface area contributed by atoms with Gasteiger partial charge in [0.05, 0.1) is 6.54 Å². The monoisotopic (exact) mass is 545 g/mol. The summed E-state index contributed by atoms with van der Waals surface area (Å²) in [5.74, 6) is 0.972. The van der Waals surface area contributed by atoms with E-state index in [9.17, 15) is 0 Å². The highest BCUT2D eigenvalue weighted by Gasteiger charge is 2.29. The Hall–Kier alpha value is -3.32. The van der Waals surface area contributed by atoms with E-state index in [1.807, 2.05) is 71.2 Å². The number of anilines is 2. The lowest BCUT2D eigenvalue weighted by Gasteiger charge is -2.12. The molecular weight excluding hydrogens is 521 g/mol. The number of nitrogens with one attached hydrogen (secondary N) is 2. The Bertz CT molecular complexity index is 1570. The van der Waals surface area contributed by atoms with Crippen molar-refractivity contribution in [2.24, 2.45) is 0 Å². The molecule has 0 unspecified atom stereocenters. The van der Waals surface area contributed by atoms with Crippen molar-refractivity contribution in [2.75, 3.05) is 10.6 Å². The van der Waals surface area contributed by atoms with Crippen LogP contribution in [0.5, 0.6) is 0 Å². The minimum Gasteiger partial charge on any atom is -0.378 e. The first-order valence-corrected chi connectivity index (χ1v) is 13.5. The van der Waals surface area contributed by atoms with E-state index in [0.29, 0.717) is 16.6 Å². The highest BCUT2D eigenvalue weighted by Crippen LogP contribution is 2.37. The van der Waals surface area contributed by atoms with Gasteiger partial charge in [0.25, 0.3) is 0 Å². The van der Waals surface area contributed by atoms with E-state index in [-0.39, 0.29) is 0 Å². The average molecular weight is 547 g/mol. The minimum atomic E-state index is 0.595. The molecule has 0 saturated heterocycles. The molecule has 0 radical (unpaired) electrons. The van der Waals surface area contributed by atoms with Crippen molar-refractivity contribution in [1.29, 1.82) is 0 Å². The van der Waals surface area contributed by atoms with Gasteiger partial charge >= 0.3 is 0 Å². The lowest BCUT2D eigenvalue weighted by molar-refractivity contribution is 0.619. The van der Waals surface area contributed by atoms with Crippen molar-refractivity contribution >= 4 is 57.4 Å². The van der Waals surface area contributed by atoms with Gasteiger partial charge in [-0.3, -0.25) is 0 Å². The molecule has 5 nitrogen and oxygen atoms in total. The fourth-order valence-electron chi connectivity index (χ4n) is 5.03. The van der Waals surface area contributed by atoms with Crippen LogP contribution in [0.4, 0.5) is 11.4 Å². The summed E-state index contributed by atoms with van der Waals surface area (Å²) < 4.78 is 4.39. The van der Waals surface area contributed by atoms with Gasteiger partial charge in [-0.05, 0) is 73.4 Å². The number of hydrogen-bond donors (Lipinski definition) is 2. The van der Waals surface area contributed by atoms with Gasteiger partial charge in [0.1, 0.15) is 16.3 Å². The van der Waals surface area contributed by atoms with Gasteiger partial charge in [-0.2, -0.15) is 5.10 Å². The van der Waals surface area contributed by atoms with Crippen molar-refractivity contribution in [3.63, 3.8) is 0 Å². The van der Waals surface area contributed by atoms with Crippen LogP contribution >= 0.6 is 35.4 Å². The molecule has 6 rings (SSSR count). The number of rotatable bonds is 6. The molecule has 0 amide bonds. The van der Waals surface area contributed by atoms with Gasteiger partial charge in [0.15, 0.2) is 5.82 Å². The average Bonchev–Trinajstić information content (AvgIpc) is 3.31. The number of thiocarbonyl (C=S) groups is 1. The van der Waals surface area contributed by atoms with Gasteiger partial charge in [0.2, 0.25) is 0 Å². The van der Waals surface area contributed by atoms with Crippen molar-refractivity contribution in [1.82, 2.24) is 14.2 Å². The van der Waals surface area contributed by atoms with Gasteiger partial charge in [-0.1, -0.05) is 65.8 Å². The minimum absolute atomic E-state index is 0.595. The first kappa shape index (κ1) is 24.0. The Labute approximate surface area is 231 Å². The molecular formula is C29H25Cl2N5S. The second kappa shape index (κ2) is 10.2. The van der Waals surface area contributed by atoms with E-state index < -0.39 is 0 Å². The molecule has 8 heteroatoms. The molecule has 0 saturated carbocycles. The molecule has 0 spiro atoms. The van der Waals surface area contributed by atoms with Crippen molar-refractivity contribution < 1.29 is 0 Å². The Morgan fingerprint density at radius 3 is 2.30 bits per heavy atom. The van der Waals surface area contributed by atoms with Gasteiger partial charge in [0, 0.05) is 39.1 Å². The second-order valence-electron chi connectivity index (χ2n) is 9.15. The molecule has 0 fully saturated rings. The number of para-hydroxylation sites is 1. The van der Waals surface area contributed by atoms with Crippen LogP contribution in [0, 0.1) is 0 Å². The molecule has 1 aliphatic rings. The van der Waals surface area contributed by atoms with E-state index in [1.54, 1.807) is 0 Å². The smallest absolute Gasteiger partial charge is 0.150 e. The summed E-state index contributed by atoms with van der Waals surface area (Å²) in [7, 11) is 0. The molecule has 2 N–H and O–H groups in total. The molecule has 2 aromatic heterocycles. The number of hydrogen-bond acceptors (Lipinski definition) is 3. The van der Waals surface area contributed by atoms with E-state index in [1.165, 1.54) is 5.56 Å². The van der Waals surface area contributed by atoms with Gasteiger partial charge < -0.3 is 15.2 Å². The van der Waals surface area contributed by atoms with E-state index in [0.717, 1.165) is 70.5 Å². The number of aromatic nitrogens is 3. The quantitative estimate of drug-likeness (QED) is 0.213. The van der Waals surface area contributed by atoms with Crippen molar-refractivity contribution in [3.05, 3.63) is 106 Å². The van der Waals surface area contributed by atoms with Crippen LogP contribution in [-0.2, 0) is 19.5 Å². The van der Waals surface area contributed by atoms with Gasteiger partial charge in [-0.15, -0.1) is 0 Å². The molecule has 1 aliphatic heterocycles. The topological polar surface area (TPSA) is 46.3 Å². The second-order valence-corrected chi connectivity index (χ2v) is 10.4. The molecule has 37 heavy (non-hydrogen) atoms. The Balaban J connectivity index is 1.49. The summed E-state index contributed by atoms with van der Waals surface area (Å²) in [6.07, 6.45) is 3.16. The molecule has 0 atom stereocenters. The third kappa shape index (κ3) is 4.73. The number of aryl methyl sites for hydroxylation is 2. The molecule has 0 bridgehead atoms. The summed E-state index contributed by atoms with van der Waals surface area (Å²) in [6, 6.07) is 25.8. The zero-order chi connectivity index (χ0) is 25.4. The lowest BCUT2D eigenvalue weighted by Crippen LogP contribution is -2.15. The largest absolute Gasteiger partial charge is 0.378 e. The SMILES string of the molecule is S=C(Nc1ccccc1)c1c(-c2ccc(Cl)cc2)c2c3n(c(CNc4ccc(Cl)cc4)nn13)CCCC2. The van der Waals surface area contributed by atoms with E-state index in [2.05, 4.69) is 27.3 Å². The first-order chi connectivity index (χ1) is 18.1. The number of halogens is 2. The molecule has 3 aromatic carbocycles. The third-order valence-corrected chi connectivity index (χ3v) is 7.54. The van der Waals surface area contributed by atoms with Gasteiger partial charge in [-0.25, -0.2) is 4.52 Å². The van der Waals surface area contributed by atoms with E-state index in [4.69, 9.17) is 40.5 Å².